The molecule has 118 valence electrons. The smallest absolute Gasteiger partial charge is 0.246 e. The van der Waals surface area contributed by atoms with Crippen LogP contribution in [0.1, 0.15) is 54.9 Å². The first-order valence-electron chi connectivity index (χ1n) is 7.38. The lowest BCUT2D eigenvalue weighted by atomic mass is 9.94. The highest BCUT2D eigenvalue weighted by Crippen LogP contribution is 2.38. The van der Waals surface area contributed by atoms with Crippen LogP contribution in [0, 0.1) is 5.92 Å². The van der Waals surface area contributed by atoms with Gasteiger partial charge in [0, 0.05) is 5.54 Å². The summed E-state index contributed by atoms with van der Waals surface area (Å²) in [5.74, 6) is 0.263. The van der Waals surface area contributed by atoms with Gasteiger partial charge >= 0.3 is 0 Å². The van der Waals surface area contributed by atoms with E-state index in [1.165, 1.54) is 5.06 Å². The van der Waals surface area contributed by atoms with Crippen LogP contribution in [-0.4, -0.2) is 46.0 Å². The zero-order valence-electron chi connectivity index (χ0n) is 13.9. The summed E-state index contributed by atoms with van der Waals surface area (Å²) in [5, 5.41) is 14.5. The lowest BCUT2D eigenvalue weighted by Gasteiger charge is -2.35. The topological polar surface area (TPSA) is 61.8 Å². The van der Waals surface area contributed by atoms with Gasteiger partial charge in [-0.25, -0.2) is 0 Å². The third-order valence-corrected chi connectivity index (χ3v) is 4.43. The molecule has 0 spiro atoms. The second-order valence-electron chi connectivity index (χ2n) is 7.36. The van der Waals surface area contributed by atoms with Crippen molar-refractivity contribution in [1.82, 2.24) is 10.4 Å². The Hall–Kier alpha value is -0.650. The first-order valence-corrected chi connectivity index (χ1v) is 7.38. The number of carbonyl (C=O) groups excluding carboxylic acids is 1. The molecule has 0 aromatic heterocycles. The number of hydrogen-bond acceptors (Lipinski definition) is 4. The molecule has 0 aromatic carbocycles. The summed E-state index contributed by atoms with van der Waals surface area (Å²) in [6.45, 7) is 14.0. The van der Waals surface area contributed by atoms with E-state index in [1.807, 2.05) is 34.6 Å². The van der Waals surface area contributed by atoms with E-state index in [0.717, 1.165) is 0 Å². The average Bonchev–Trinajstić information content (AvgIpc) is 2.47. The first-order chi connectivity index (χ1) is 8.98. The van der Waals surface area contributed by atoms with Crippen molar-refractivity contribution in [3.8, 4) is 0 Å². The van der Waals surface area contributed by atoms with Crippen molar-refractivity contribution in [2.24, 2.45) is 5.92 Å². The van der Waals surface area contributed by atoms with E-state index < -0.39 is 5.54 Å². The Bertz CT molecular complexity index is 353. The molecule has 0 saturated carbocycles. The molecule has 1 aliphatic heterocycles. The van der Waals surface area contributed by atoms with E-state index in [2.05, 4.69) is 19.2 Å². The van der Waals surface area contributed by atoms with Crippen molar-refractivity contribution in [2.45, 2.75) is 78.1 Å². The zero-order chi connectivity index (χ0) is 15.7. The van der Waals surface area contributed by atoms with E-state index >= 15 is 0 Å². The maximum absolute atomic E-state index is 12.0. The van der Waals surface area contributed by atoms with Gasteiger partial charge < -0.3 is 15.3 Å². The molecule has 1 rings (SSSR count). The van der Waals surface area contributed by atoms with Crippen LogP contribution in [0.2, 0.25) is 0 Å². The number of amides is 1. The molecular weight excluding hydrogens is 256 g/mol. The molecule has 2 atom stereocenters. The maximum atomic E-state index is 12.0. The molecule has 5 heteroatoms. The summed E-state index contributed by atoms with van der Waals surface area (Å²) < 4.78 is 5.53. The molecule has 0 radical (unpaired) electrons. The predicted molar refractivity (Wildman–Crippen MR) is 78.6 cm³/mol. The number of hydroxylamine groups is 2. The molecule has 0 bridgehead atoms. The minimum absolute atomic E-state index is 0.0584. The molecule has 1 amide bonds. The lowest BCUT2D eigenvalue weighted by Crippen LogP contribution is -2.53. The van der Waals surface area contributed by atoms with Gasteiger partial charge in [0.2, 0.25) is 5.91 Å². The summed E-state index contributed by atoms with van der Waals surface area (Å²) in [5.41, 5.74) is -0.823. The zero-order valence-corrected chi connectivity index (χ0v) is 13.9. The molecule has 5 nitrogen and oxygen atoms in total. The van der Waals surface area contributed by atoms with Gasteiger partial charge in [0.05, 0.1) is 17.7 Å². The second kappa shape index (κ2) is 6.00. The summed E-state index contributed by atoms with van der Waals surface area (Å²) >= 11 is 0. The fraction of sp³-hybridized carbons (Fsp3) is 0.933. The molecule has 1 aliphatic rings. The maximum Gasteiger partial charge on any atom is 0.246 e. The second-order valence-corrected chi connectivity index (χ2v) is 7.36. The van der Waals surface area contributed by atoms with Crippen LogP contribution in [0.5, 0.6) is 0 Å². The third kappa shape index (κ3) is 3.71. The van der Waals surface area contributed by atoms with E-state index in [-0.39, 0.29) is 30.2 Å². The standard InChI is InChI=1S/C15H30N2O3/c1-10(2)11(3)20-9-13(18)16-12-8-14(4,5)17(19)15(12,6)7/h10-12,19H,8-9H2,1-7H3,(H,16,18). The Morgan fingerprint density at radius 2 is 1.90 bits per heavy atom. The van der Waals surface area contributed by atoms with Crippen molar-refractivity contribution in [3.63, 3.8) is 0 Å². The largest absolute Gasteiger partial charge is 0.368 e. The van der Waals surface area contributed by atoms with Gasteiger partial charge in [-0.05, 0) is 47.0 Å². The average molecular weight is 286 g/mol. The van der Waals surface area contributed by atoms with Gasteiger partial charge in [0.1, 0.15) is 6.61 Å². The van der Waals surface area contributed by atoms with E-state index in [9.17, 15) is 10.0 Å². The number of nitrogens with one attached hydrogen (secondary N) is 1. The van der Waals surface area contributed by atoms with Crippen molar-refractivity contribution >= 4 is 5.91 Å². The predicted octanol–water partition coefficient (Wildman–Crippen LogP) is 2.18. The van der Waals surface area contributed by atoms with Crippen LogP contribution in [-0.2, 0) is 9.53 Å². The molecule has 2 N–H and O–H groups in total. The molecule has 2 unspecified atom stereocenters. The number of carbonyl (C=O) groups is 1. The van der Waals surface area contributed by atoms with Gasteiger partial charge in [-0.3, -0.25) is 4.79 Å². The van der Waals surface area contributed by atoms with Crippen LogP contribution in [0.15, 0.2) is 0 Å². The van der Waals surface area contributed by atoms with E-state index in [0.29, 0.717) is 12.3 Å². The van der Waals surface area contributed by atoms with E-state index in [4.69, 9.17) is 4.74 Å². The van der Waals surface area contributed by atoms with Crippen LogP contribution >= 0.6 is 0 Å². The number of rotatable bonds is 5. The highest BCUT2D eigenvalue weighted by molar-refractivity contribution is 5.77. The highest BCUT2D eigenvalue weighted by Gasteiger charge is 2.51. The van der Waals surface area contributed by atoms with Crippen molar-refractivity contribution in [1.29, 1.82) is 0 Å². The monoisotopic (exact) mass is 286 g/mol. The highest BCUT2D eigenvalue weighted by atomic mass is 16.5. The molecule has 0 aliphatic carbocycles. The van der Waals surface area contributed by atoms with Gasteiger partial charge in [-0.1, -0.05) is 13.8 Å². The quantitative estimate of drug-likeness (QED) is 0.813. The van der Waals surface area contributed by atoms with Crippen molar-refractivity contribution in [2.75, 3.05) is 6.61 Å². The summed E-state index contributed by atoms with van der Waals surface area (Å²) in [6.07, 6.45) is 0.769. The number of hydrogen-bond donors (Lipinski definition) is 2. The minimum Gasteiger partial charge on any atom is -0.368 e. The Labute approximate surface area is 122 Å². The Kier molecular flexibility index (Phi) is 5.22. The van der Waals surface area contributed by atoms with Crippen LogP contribution in [0.25, 0.3) is 0 Å². The summed E-state index contributed by atoms with van der Waals surface area (Å²) in [7, 11) is 0. The Balaban J connectivity index is 2.55. The molecule has 0 aromatic rings. The number of nitrogens with zero attached hydrogens (tertiary/aromatic N) is 1. The van der Waals surface area contributed by atoms with Crippen molar-refractivity contribution < 1.29 is 14.7 Å². The Morgan fingerprint density at radius 3 is 2.30 bits per heavy atom. The molecule has 20 heavy (non-hydrogen) atoms. The van der Waals surface area contributed by atoms with Gasteiger partial charge in [0.15, 0.2) is 0 Å². The van der Waals surface area contributed by atoms with Gasteiger partial charge in [-0.2, -0.15) is 5.06 Å². The molecule has 1 heterocycles. The van der Waals surface area contributed by atoms with Crippen molar-refractivity contribution in [3.05, 3.63) is 0 Å². The third-order valence-electron chi connectivity index (χ3n) is 4.43. The first kappa shape index (κ1) is 17.4. The van der Waals surface area contributed by atoms with Gasteiger partial charge in [-0.15, -0.1) is 0 Å². The number of ether oxygens (including phenoxy) is 1. The van der Waals surface area contributed by atoms with Gasteiger partial charge in [0.25, 0.3) is 0 Å². The molecular formula is C15H30N2O3. The van der Waals surface area contributed by atoms with Crippen LogP contribution in [0.4, 0.5) is 0 Å². The van der Waals surface area contributed by atoms with E-state index in [1.54, 1.807) is 0 Å². The fourth-order valence-corrected chi connectivity index (χ4v) is 2.63. The fourth-order valence-electron chi connectivity index (χ4n) is 2.63. The normalized spacial score (nSPS) is 26.8. The summed E-state index contributed by atoms with van der Waals surface area (Å²) in [4.78, 5) is 12.0. The molecule has 1 saturated heterocycles. The Morgan fingerprint density at radius 1 is 1.35 bits per heavy atom. The lowest BCUT2D eigenvalue weighted by molar-refractivity contribution is -0.194. The molecule has 1 fully saturated rings. The van der Waals surface area contributed by atoms with Crippen LogP contribution < -0.4 is 5.32 Å². The summed E-state index contributed by atoms with van der Waals surface area (Å²) in [6, 6.07) is -0.0899. The SMILES string of the molecule is CC(C)C(C)OCC(=O)NC1CC(C)(C)N(O)C1(C)C. The van der Waals surface area contributed by atoms with Crippen LogP contribution in [0.3, 0.4) is 0 Å². The minimum atomic E-state index is -0.483.